The summed E-state index contributed by atoms with van der Waals surface area (Å²) in [6.07, 6.45) is 0.881. The molecule has 1 heterocycles. The predicted molar refractivity (Wildman–Crippen MR) is 67.2 cm³/mol. The van der Waals surface area contributed by atoms with Crippen molar-refractivity contribution in [3.8, 4) is 0 Å². The lowest BCUT2D eigenvalue weighted by atomic mass is 10.2. The van der Waals surface area contributed by atoms with Crippen molar-refractivity contribution in [2.24, 2.45) is 5.73 Å². The zero-order chi connectivity index (χ0) is 10.8. The first-order valence-electron chi connectivity index (χ1n) is 4.97. The second-order valence-electron chi connectivity index (χ2n) is 3.81. The summed E-state index contributed by atoms with van der Waals surface area (Å²) in [7, 11) is 0. The quantitative estimate of drug-likeness (QED) is 0.839. The van der Waals surface area contributed by atoms with E-state index in [1.54, 1.807) is 29.2 Å². The van der Waals surface area contributed by atoms with Crippen LogP contribution in [0, 0.1) is 0 Å². The van der Waals surface area contributed by atoms with Gasteiger partial charge in [-0.3, -0.25) is 4.79 Å². The first-order chi connectivity index (χ1) is 7.16. The van der Waals surface area contributed by atoms with Gasteiger partial charge in [-0.1, -0.05) is 17.7 Å². The molecular weight excluding hydrogens is 247 g/mol. The van der Waals surface area contributed by atoms with E-state index < -0.39 is 0 Å². The molecule has 88 valence electrons. The average Bonchev–Trinajstić information content (AvgIpc) is 2.64. The molecule has 2 rings (SSSR count). The van der Waals surface area contributed by atoms with Crippen LogP contribution in [0.1, 0.15) is 16.8 Å². The Balaban J connectivity index is 0.00000128. The molecule has 1 aliphatic rings. The average molecular weight is 261 g/mol. The standard InChI is InChI=1S/C11H13ClN2O.ClH/c12-9-3-1-2-8(6-9)11(15)14-5-4-10(13)7-14;/h1-3,6,10H,4-5,7,13H2;1H/t10-;/m1./s1. The van der Waals surface area contributed by atoms with E-state index in [2.05, 4.69) is 0 Å². The molecule has 1 aliphatic heterocycles. The van der Waals surface area contributed by atoms with Crippen molar-refractivity contribution in [2.45, 2.75) is 12.5 Å². The summed E-state index contributed by atoms with van der Waals surface area (Å²) in [5.74, 6) is 0.0189. The SMILES string of the molecule is Cl.N[C@@H]1CCN(C(=O)c2cccc(Cl)c2)C1. The normalized spacial score (nSPS) is 19.4. The zero-order valence-corrected chi connectivity index (χ0v) is 10.3. The van der Waals surface area contributed by atoms with Crippen molar-refractivity contribution in [1.82, 2.24) is 4.90 Å². The molecule has 0 saturated carbocycles. The van der Waals surface area contributed by atoms with E-state index >= 15 is 0 Å². The summed E-state index contributed by atoms with van der Waals surface area (Å²) in [5.41, 5.74) is 6.39. The third kappa shape index (κ3) is 2.88. The molecule has 0 spiro atoms. The smallest absolute Gasteiger partial charge is 0.253 e. The Hall–Kier alpha value is -0.770. The molecule has 5 heteroatoms. The van der Waals surface area contributed by atoms with Gasteiger partial charge < -0.3 is 10.6 Å². The van der Waals surface area contributed by atoms with Gasteiger partial charge in [0.05, 0.1) is 0 Å². The van der Waals surface area contributed by atoms with Crippen LogP contribution in [0.5, 0.6) is 0 Å². The zero-order valence-electron chi connectivity index (χ0n) is 8.73. The number of carbonyl (C=O) groups is 1. The molecule has 1 aromatic rings. The Kier molecular flexibility index (Phi) is 4.59. The van der Waals surface area contributed by atoms with Crippen LogP contribution in [0.3, 0.4) is 0 Å². The maximum atomic E-state index is 12.0. The lowest BCUT2D eigenvalue weighted by Gasteiger charge is -2.15. The summed E-state index contributed by atoms with van der Waals surface area (Å²) >= 11 is 5.83. The maximum absolute atomic E-state index is 12.0. The van der Waals surface area contributed by atoms with Crippen molar-refractivity contribution in [1.29, 1.82) is 0 Å². The third-order valence-electron chi connectivity index (χ3n) is 2.58. The molecule has 0 aliphatic carbocycles. The van der Waals surface area contributed by atoms with Gasteiger partial charge in [0.25, 0.3) is 5.91 Å². The van der Waals surface area contributed by atoms with Crippen molar-refractivity contribution in [3.05, 3.63) is 34.9 Å². The predicted octanol–water partition coefficient (Wildman–Crippen LogP) is 1.94. The van der Waals surface area contributed by atoms with Gasteiger partial charge in [-0.25, -0.2) is 0 Å². The van der Waals surface area contributed by atoms with Crippen molar-refractivity contribution in [2.75, 3.05) is 13.1 Å². The monoisotopic (exact) mass is 260 g/mol. The van der Waals surface area contributed by atoms with E-state index in [4.69, 9.17) is 17.3 Å². The van der Waals surface area contributed by atoms with Crippen LogP contribution in [0.15, 0.2) is 24.3 Å². The fraction of sp³-hybridized carbons (Fsp3) is 0.364. The molecule has 1 fully saturated rings. The van der Waals surface area contributed by atoms with Crippen LogP contribution in [0.2, 0.25) is 5.02 Å². The number of nitrogens with two attached hydrogens (primary N) is 1. The van der Waals surface area contributed by atoms with Crippen LogP contribution < -0.4 is 5.73 Å². The number of nitrogens with zero attached hydrogens (tertiary/aromatic N) is 1. The molecule has 1 aromatic carbocycles. The second kappa shape index (κ2) is 5.53. The van der Waals surface area contributed by atoms with Gasteiger partial charge in [-0.2, -0.15) is 0 Å². The summed E-state index contributed by atoms with van der Waals surface area (Å²) in [4.78, 5) is 13.7. The summed E-state index contributed by atoms with van der Waals surface area (Å²) in [6.45, 7) is 1.39. The number of amides is 1. The summed E-state index contributed by atoms with van der Waals surface area (Å²) in [6, 6.07) is 7.12. The first-order valence-corrected chi connectivity index (χ1v) is 5.35. The van der Waals surface area contributed by atoms with Crippen LogP contribution >= 0.6 is 24.0 Å². The molecule has 3 nitrogen and oxygen atoms in total. The fourth-order valence-electron chi connectivity index (χ4n) is 1.78. The van der Waals surface area contributed by atoms with Gasteiger partial charge in [-0.15, -0.1) is 12.4 Å². The van der Waals surface area contributed by atoms with E-state index in [0.717, 1.165) is 13.0 Å². The Morgan fingerprint density at radius 1 is 1.50 bits per heavy atom. The molecular formula is C11H14Cl2N2O. The number of halogens is 2. The van der Waals surface area contributed by atoms with Gasteiger partial charge in [-0.05, 0) is 24.6 Å². The topological polar surface area (TPSA) is 46.3 Å². The highest BCUT2D eigenvalue weighted by molar-refractivity contribution is 6.30. The van der Waals surface area contributed by atoms with Crippen LogP contribution in [0.25, 0.3) is 0 Å². The minimum absolute atomic E-state index is 0. The third-order valence-corrected chi connectivity index (χ3v) is 2.82. The molecule has 16 heavy (non-hydrogen) atoms. The van der Waals surface area contributed by atoms with E-state index in [0.29, 0.717) is 17.1 Å². The largest absolute Gasteiger partial charge is 0.337 e. The number of rotatable bonds is 1. The molecule has 0 unspecified atom stereocenters. The molecule has 1 saturated heterocycles. The van der Waals surface area contributed by atoms with Gasteiger partial charge in [0.2, 0.25) is 0 Å². The minimum Gasteiger partial charge on any atom is -0.337 e. The minimum atomic E-state index is 0. The highest BCUT2D eigenvalue weighted by Gasteiger charge is 2.24. The Bertz CT molecular complexity index is 384. The Labute approximate surface area is 106 Å². The van der Waals surface area contributed by atoms with Crippen molar-refractivity contribution < 1.29 is 4.79 Å². The molecule has 2 N–H and O–H groups in total. The van der Waals surface area contributed by atoms with Crippen molar-refractivity contribution >= 4 is 29.9 Å². The van der Waals surface area contributed by atoms with E-state index in [1.165, 1.54) is 0 Å². The molecule has 1 amide bonds. The lowest BCUT2D eigenvalue weighted by Crippen LogP contribution is -2.31. The highest BCUT2D eigenvalue weighted by atomic mass is 35.5. The van der Waals surface area contributed by atoms with Gasteiger partial charge in [0.15, 0.2) is 0 Å². The lowest BCUT2D eigenvalue weighted by molar-refractivity contribution is 0.0791. The van der Waals surface area contributed by atoms with E-state index in [1.807, 2.05) is 0 Å². The Morgan fingerprint density at radius 3 is 2.81 bits per heavy atom. The second-order valence-corrected chi connectivity index (χ2v) is 4.25. The highest BCUT2D eigenvalue weighted by Crippen LogP contribution is 2.15. The van der Waals surface area contributed by atoms with E-state index in [9.17, 15) is 4.79 Å². The Morgan fingerprint density at radius 2 is 2.25 bits per heavy atom. The van der Waals surface area contributed by atoms with Gasteiger partial charge >= 0.3 is 0 Å². The van der Waals surface area contributed by atoms with Crippen LogP contribution in [0.4, 0.5) is 0 Å². The number of benzene rings is 1. The van der Waals surface area contributed by atoms with Crippen molar-refractivity contribution in [3.63, 3.8) is 0 Å². The van der Waals surface area contributed by atoms with Crippen LogP contribution in [-0.2, 0) is 0 Å². The summed E-state index contributed by atoms with van der Waals surface area (Å²) in [5, 5.41) is 0.587. The maximum Gasteiger partial charge on any atom is 0.253 e. The summed E-state index contributed by atoms with van der Waals surface area (Å²) < 4.78 is 0. The first kappa shape index (κ1) is 13.3. The fourth-order valence-corrected chi connectivity index (χ4v) is 1.97. The molecule has 0 radical (unpaired) electrons. The van der Waals surface area contributed by atoms with Gasteiger partial charge in [0, 0.05) is 29.7 Å². The number of carbonyl (C=O) groups excluding carboxylic acids is 1. The van der Waals surface area contributed by atoms with E-state index in [-0.39, 0.29) is 24.4 Å². The van der Waals surface area contributed by atoms with Gasteiger partial charge in [0.1, 0.15) is 0 Å². The number of hydrogen-bond donors (Lipinski definition) is 1. The number of hydrogen-bond acceptors (Lipinski definition) is 2. The number of likely N-dealkylation sites (tertiary alicyclic amines) is 1. The van der Waals surface area contributed by atoms with Crippen LogP contribution in [-0.4, -0.2) is 29.9 Å². The molecule has 1 atom stereocenters. The molecule has 0 aromatic heterocycles. The molecule has 0 bridgehead atoms.